The first kappa shape index (κ1) is 25.5. The predicted molar refractivity (Wildman–Crippen MR) is 129 cm³/mol. The van der Waals surface area contributed by atoms with Gasteiger partial charge in [-0.05, 0) is 50.5 Å². The van der Waals surface area contributed by atoms with Gasteiger partial charge in [0.2, 0.25) is 0 Å². The van der Waals surface area contributed by atoms with E-state index in [1.807, 2.05) is 0 Å². The van der Waals surface area contributed by atoms with Crippen LogP contribution in [0.5, 0.6) is 0 Å². The van der Waals surface area contributed by atoms with Gasteiger partial charge in [-0.3, -0.25) is 9.79 Å². The highest BCUT2D eigenvalue weighted by Gasteiger charge is 2.43. The van der Waals surface area contributed by atoms with E-state index in [4.69, 9.17) is 0 Å². The summed E-state index contributed by atoms with van der Waals surface area (Å²) in [6, 6.07) is 4.76. The summed E-state index contributed by atoms with van der Waals surface area (Å²) < 4.78 is 53.9. The van der Waals surface area contributed by atoms with Gasteiger partial charge >= 0.3 is 6.18 Å². The van der Waals surface area contributed by atoms with Crippen LogP contribution < -0.4 is 9.91 Å². The maximum Gasteiger partial charge on any atom is 0.417 e. The van der Waals surface area contributed by atoms with Gasteiger partial charge in [0, 0.05) is 38.7 Å². The van der Waals surface area contributed by atoms with Crippen molar-refractivity contribution in [3.8, 4) is 0 Å². The molecule has 2 atom stereocenters. The molecule has 12 heteroatoms. The van der Waals surface area contributed by atoms with Gasteiger partial charge in [-0.25, -0.2) is 19.4 Å². The van der Waals surface area contributed by atoms with Crippen LogP contribution in [0.1, 0.15) is 42.1 Å². The second kappa shape index (κ2) is 10.2. The van der Waals surface area contributed by atoms with Crippen LogP contribution in [0.15, 0.2) is 46.8 Å². The minimum absolute atomic E-state index is 0.0445. The Kier molecular flexibility index (Phi) is 7.23. The maximum absolute atomic E-state index is 15.4. The SMILES string of the molecule is C=NN(C(C)=NC)c1ccc(C(=O)N(C2CC2)[C@@H]2CCN(c3ccc(C(F)(F)F)cn3)C[C@@H]2F)cn1. The molecular weight excluding hydrogens is 478 g/mol. The third-order valence-corrected chi connectivity index (χ3v) is 6.42. The summed E-state index contributed by atoms with van der Waals surface area (Å²) >= 11 is 0. The van der Waals surface area contributed by atoms with Crippen LogP contribution in [0.2, 0.25) is 0 Å². The molecular formula is C24H27F4N7O. The Morgan fingerprint density at radius 2 is 1.89 bits per heavy atom. The molecule has 0 N–H and O–H groups in total. The molecule has 192 valence electrons. The molecule has 1 aliphatic carbocycles. The number of carbonyl (C=O) groups is 1. The number of hydrogen-bond donors (Lipinski definition) is 0. The van der Waals surface area contributed by atoms with E-state index in [-0.39, 0.29) is 24.3 Å². The van der Waals surface area contributed by atoms with Crippen molar-refractivity contribution in [2.75, 3.05) is 30.0 Å². The summed E-state index contributed by atoms with van der Waals surface area (Å²) in [5.74, 6) is 0.998. The number of aromatic nitrogens is 2. The zero-order valence-corrected chi connectivity index (χ0v) is 20.0. The maximum atomic E-state index is 15.4. The third kappa shape index (κ3) is 5.31. The lowest BCUT2D eigenvalue weighted by molar-refractivity contribution is -0.137. The molecule has 2 aromatic heterocycles. The van der Waals surface area contributed by atoms with Crippen molar-refractivity contribution in [2.24, 2.45) is 10.1 Å². The fourth-order valence-electron chi connectivity index (χ4n) is 4.32. The van der Waals surface area contributed by atoms with Gasteiger partial charge < -0.3 is 9.80 Å². The van der Waals surface area contributed by atoms with Crippen LogP contribution in [-0.4, -0.2) is 71.7 Å². The number of rotatable bonds is 6. The number of amidine groups is 1. The van der Waals surface area contributed by atoms with Crippen molar-refractivity contribution in [3.63, 3.8) is 0 Å². The first-order chi connectivity index (χ1) is 17.1. The number of anilines is 2. The molecule has 2 aromatic rings. The Hall–Kier alpha value is -3.57. The predicted octanol–water partition coefficient (Wildman–Crippen LogP) is 4.19. The Balaban J connectivity index is 1.47. The molecule has 8 nitrogen and oxygen atoms in total. The summed E-state index contributed by atoms with van der Waals surface area (Å²) in [6.45, 7) is 5.57. The monoisotopic (exact) mass is 505 g/mol. The first-order valence-electron chi connectivity index (χ1n) is 11.5. The normalized spacial score (nSPS) is 20.7. The zero-order chi connectivity index (χ0) is 26.0. The molecule has 2 aliphatic rings. The number of alkyl halides is 4. The second-order valence-corrected chi connectivity index (χ2v) is 8.79. The average molecular weight is 506 g/mol. The van der Waals surface area contributed by atoms with Crippen LogP contribution in [0, 0.1) is 0 Å². The number of amides is 1. The lowest BCUT2D eigenvalue weighted by Crippen LogP contribution is -2.55. The van der Waals surface area contributed by atoms with Crippen LogP contribution in [0.3, 0.4) is 0 Å². The number of carbonyl (C=O) groups excluding carboxylic acids is 1. The van der Waals surface area contributed by atoms with Crippen molar-refractivity contribution < 1.29 is 22.4 Å². The molecule has 0 radical (unpaired) electrons. The van der Waals surface area contributed by atoms with Crippen LogP contribution in [0.4, 0.5) is 29.2 Å². The summed E-state index contributed by atoms with van der Waals surface area (Å²) in [5.41, 5.74) is -0.521. The van der Waals surface area contributed by atoms with Gasteiger partial charge in [0.25, 0.3) is 5.91 Å². The Bertz CT molecular complexity index is 1120. The number of piperidine rings is 1. The van der Waals surface area contributed by atoms with Crippen molar-refractivity contribution in [1.82, 2.24) is 14.9 Å². The van der Waals surface area contributed by atoms with E-state index >= 15 is 4.39 Å². The molecule has 1 aliphatic heterocycles. The van der Waals surface area contributed by atoms with Crippen LogP contribution in [0.25, 0.3) is 0 Å². The summed E-state index contributed by atoms with van der Waals surface area (Å²) in [5, 5.41) is 5.33. The van der Waals surface area contributed by atoms with Gasteiger partial charge in [-0.2, -0.15) is 18.3 Å². The standard InChI is InChI=1S/C24H27F4N7O/c1-15(29-2)35(30-3)22-8-4-16(12-31-22)23(36)34(18-6-7-18)20-10-11-33(14-19(20)25)21-9-5-17(13-32-21)24(26,27)28/h4-5,8-9,12-13,18-20H,3,6-7,10-11,14H2,1-2H3/t19-,20+/m0/s1. The van der Waals surface area contributed by atoms with E-state index in [0.717, 1.165) is 25.1 Å². The van der Waals surface area contributed by atoms with Gasteiger partial charge in [0.15, 0.2) is 5.82 Å². The number of aliphatic imine (C=N–C) groups is 1. The highest BCUT2D eigenvalue weighted by Crippen LogP contribution is 2.35. The lowest BCUT2D eigenvalue weighted by Gasteiger charge is -2.41. The molecule has 0 spiro atoms. The largest absolute Gasteiger partial charge is 0.417 e. The number of pyridine rings is 2. The van der Waals surface area contributed by atoms with E-state index in [1.165, 1.54) is 17.3 Å². The third-order valence-electron chi connectivity index (χ3n) is 6.42. The van der Waals surface area contributed by atoms with E-state index in [1.54, 1.807) is 35.9 Å². The topological polar surface area (TPSA) is 77.3 Å². The van der Waals surface area contributed by atoms with Crippen molar-refractivity contribution in [1.29, 1.82) is 0 Å². The Labute approximate surface area is 206 Å². The van der Waals surface area contributed by atoms with Gasteiger partial charge in [-0.1, -0.05) is 0 Å². The lowest BCUT2D eigenvalue weighted by atomic mass is 9.99. The van der Waals surface area contributed by atoms with Crippen molar-refractivity contribution in [2.45, 2.75) is 50.6 Å². The molecule has 3 heterocycles. The fourth-order valence-corrected chi connectivity index (χ4v) is 4.32. The highest BCUT2D eigenvalue weighted by molar-refractivity contribution is 5.97. The average Bonchev–Trinajstić information content (AvgIpc) is 3.70. The minimum Gasteiger partial charge on any atom is -0.354 e. The zero-order valence-electron chi connectivity index (χ0n) is 20.0. The number of hydrogen-bond acceptors (Lipinski definition) is 6. The molecule has 1 amide bonds. The quantitative estimate of drug-likeness (QED) is 0.255. The molecule has 1 saturated carbocycles. The first-order valence-corrected chi connectivity index (χ1v) is 11.5. The number of hydrazone groups is 1. The summed E-state index contributed by atoms with van der Waals surface area (Å²) in [6.07, 6.45) is -1.76. The fraction of sp³-hybridized carbons (Fsp3) is 0.458. The minimum atomic E-state index is -4.48. The summed E-state index contributed by atoms with van der Waals surface area (Å²) in [7, 11) is 1.62. The molecule has 0 bridgehead atoms. The van der Waals surface area contributed by atoms with E-state index in [0.29, 0.717) is 30.2 Å². The van der Waals surface area contributed by atoms with Crippen molar-refractivity contribution in [3.05, 3.63) is 47.8 Å². The molecule has 4 rings (SSSR count). The second-order valence-electron chi connectivity index (χ2n) is 8.79. The molecule has 0 unspecified atom stereocenters. The van der Waals surface area contributed by atoms with Crippen LogP contribution in [-0.2, 0) is 6.18 Å². The van der Waals surface area contributed by atoms with Gasteiger partial charge in [-0.15, -0.1) is 0 Å². The number of halogens is 4. The Morgan fingerprint density at radius 1 is 1.14 bits per heavy atom. The number of nitrogens with zero attached hydrogens (tertiary/aromatic N) is 7. The highest BCUT2D eigenvalue weighted by atomic mass is 19.4. The van der Waals surface area contributed by atoms with E-state index in [2.05, 4.69) is 26.8 Å². The molecule has 1 saturated heterocycles. The summed E-state index contributed by atoms with van der Waals surface area (Å²) in [4.78, 5) is 28.9. The van der Waals surface area contributed by atoms with Crippen LogP contribution >= 0.6 is 0 Å². The molecule has 2 fully saturated rings. The van der Waals surface area contributed by atoms with E-state index in [9.17, 15) is 18.0 Å². The van der Waals surface area contributed by atoms with Crippen molar-refractivity contribution >= 4 is 30.1 Å². The molecule has 36 heavy (non-hydrogen) atoms. The molecule has 0 aromatic carbocycles. The smallest absolute Gasteiger partial charge is 0.354 e. The van der Waals surface area contributed by atoms with Gasteiger partial charge in [0.1, 0.15) is 17.8 Å². The Morgan fingerprint density at radius 3 is 2.39 bits per heavy atom. The van der Waals surface area contributed by atoms with Gasteiger partial charge in [0.05, 0.1) is 23.7 Å². The van der Waals surface area contributed by atoms with E-state index < -0.39 is 24.0 Å².